The van der Waals surface area contributed by atoms with Gasteiger partial charge in [0.15, 0.2) is 11.8 Å². The summed E-state index contributed by atoms with van der Waals surface area (Å²) in [6.07, 6.45) is 4.03. The van der Waals surface area contributed by atoms with Crippen molar-refractivity contribution < 1.29 is 8.98 Å². The molecule has 0 bridgehead atoms. The van der Waals surface area contributed by atoms with E-state index in [0.717, 1.165) is 33.0 Å². The van der Waals surface area contributed by atoms with Crippen molar-refractivity contribution in [2.75, 3.05) is 0 Å². The van der Waals surface area contributed by atoms with Crippen LogP contribution in [0.5, 0.6) is 0 Å². The summed E-state index contributed by atoms with van der Waals surface area (Å²) in [5.74, 6) is 0.473. The lowest BCUT2D eigenvalue weighted by Gasteiger charge is -2.09. The van der Waals surface area contributed by atoms with Gasteiger partial charge in [0.25, 0.3) is 0 Å². The Morgan fingerprint density at radius 3 is 2.64 bits per heavy atom. The van der Waals surface area contributed by atoms with Gasteiger partial charge in [-0.05, 0) is 29.4 Å². The molecule has 0 unspecified atom stereocenters. The largest absolute Gasteiger partial charge is 0.437 e. The van der Waals surface area contributed by atoms with E-state index in [2.05, 4.69) is 86.0 Å². The third-order valence-electron chi connectivity index (χ3n) is 5.70. The van der Waals surface area contributed by atoms with Crippen LogP contribution in [0.3, 0.4) is 0 Å². The molecular weight excluding hydrogens is 344 g/mol. The third-order valence-corrected chi connectivity index (χ3v) is 5.70. The van der Waals surface area contributed by atoms with Crippen molar-refractivity contribution >= 4 is 32.8 Å². The Labute approximate surface area is 164 Å². The molecule has 2 aromatic carbocycles. The average molecular weight is 367 g/mol. The number of hydrogen-bond donors (Lipinski definition) is 0. The number of pyridine rings is 2. The summed E-state index contributed by atoms with van der Waals surface area (Å²) in [6.45, 7) is 6.60. The molecule has 5 rings (SSSR count). The van der Waals surface area contributed by atoms with Gasteiger partial charge in [-0.1, -0.05) is 50.2 Å². The Hall–Kier alpha value is -3.20. The molecule has 0 radical (unpaired) electrons. The van der Waals surface area contributed by atoms with E-state index in [4.69, 9.17) is 4.42 Å². The van der Waals surface area contributed by atoms with E-state index < -0.39 is 0 Å². The number of benzene rings is 2. The lowest BCUT2D eigenvalue weighted by molar-refractivity contribution is -0.660. The molecule has 0 saturated heterocycles. The topological polar surface area (TPSA) is 29.9 Å². The normalized spacial score (nSPS) is 11.9. The maximum Gasteiger partial charge on any atom is 0.227 e. The zero-order valence-electron chi connectivity index (χ0n) is 16.7. The van der Waals surface area contributed by atoms with Crippen LogP contribution in [0.4, 0.5) is 0 Å². The van der Waals surface area contributed by atoms with Crippen LogP contribution >= 0.6 is 0 Å². The van der Waals surface area contributed by atoms with Gasteiger partial charge in [0.2, 0.25) is 11.4 Å². The zero-order valence-corrected chi connectivity index (χ0v) is 16.7. The second kappa shape index (κ2) is 6.16. The third kappa shape index (κ3) is 2.43. The Kier molecular flexibility index (Phi) is 3.73. The molecule has 0 aliphatic rings. The second-order valence-corrected chi connectivity index (χ2v) is 7.87. The molecule has 0 saturated carbocycles. The highest BCUT2D eigenvalue weighted by molar-refractivity contribution is 6.19. The van der Waals surface area contributed by atoms with Crippen molar-refractivity contribution in [2.24, 2.45) is 7.05 Å². The molecule has 3 aromatic heterocycles. The number of furan rings is 1. The van der Waals surface area contributed by atoms with Gasteiger partial charge in [-0.2, -0.15) is 0 Å². The summed E-state index contributed by atoms with van der Waals surface area (Å²) in [5, 5.41) is 4.53. The Balaban J connectivity index is 1.92. The van der Waals surface area contributed by atoms with Crippen molar-refractivity contribution in [3.63, 3.8) is 0 Å². The first-order valence-corrected chi connectivity index (χ1v) is 9.74. The Morgan fingerprint density at radius 1 is 1.00 bits per heavy atom. The highest BCUT2D eigenvalue weighted by atomic mass is 16.3. The van der Waals surface area contributed by atoms with Gasteiger partial charge in [0.05, 0.1) is 10.9 Å². The number of nitrogens with zero attached hydrogens (tertiary/aromatic N) is 2. The molecule has 0 aliphatic carbocycles. The van der Waals surface area contributed by atoms with Crippen LogP contribution in [0.2, 0.25) is 0 Å². The summed E-state index contributed by atoms with van der Waals surface area (Å²) in [4.78, 5) is 4.61. The highest BCUT2D eigenvalue weighted by Crippen LogP contribution is 2.39. The molecule has 3 heterocycles. The number of rotatable bonds is 2. The van der Waals surface area contributed by atoms with Crippen LogP contribution < -0.4 is 4.57 Å². The molecule has 0 spiro atoms. The van der Waals surface area contributed by atoms with Crippen molar-refractivity contribution in [3.05, 3.63) is 72.1 Å². The highest BCUT2D eigenvalue weighted by Gasteiger charge is 2.22. The van der Waals surface area contributed by atoms with Gasteiger partial charge < -0.3 is 4.42 Å². The predicted molar refractivity (Wildman–Crippen MR) is 114 cm³/mol. The van der Waals surface area contributed by atoms with Gasteiger partial charge in [-0.3, -0.25) is 0 Å². The Bertz CT molecular complexity index is 1360. The van der Waals surface area contributed by atoms with Crippen molar-refractivity contribution in [3.8, 4) is 11.3 Å². The molecule has 0 N–H and O–H groups in total. The first kappa shape index (κ1) is 16.9. The average Bonchev–Trinajstić information content (AvgIpc) is 3.07. The van der Waals surface area contributed by atoms with Gasteiger partial charge in [0.1, 0.15) is 7.05 Å². The van der Waals surface area contributed by atoms with Crippen LogP contribution in [0.25, 0.3) is 44.1 Å². The number of aryl methyl sites for hydroxylation is 2. The first-order chi connectivity index (χ1) is 13.5. The molecule has 5 aromatic rings. The van der Waals surface area contributed by atoms with E-state index in [1.165, 1.54) is 16.5 Å². The van der Waals surface area contributed by atoms with Crippen LogP contribution in [-0.4, -0.2) is 4.98 Å². The summed E-state index contributed by atoms with van der Waals surface area (Å²) in [5.41, 5.74) is 6.44. The molecule has 0 amide bonds. The maximum absolute atomic E-state index is 6.36. The zero-order chi connectivity index (χ0) is 19.4. The van der Waals surface area contributed by atoms with Gasteiger partial charge in [-0.15, -0.1) is 0 Å². The number of aromatic nitrogens is 2. The molecule has 28 heavy (non-hydrogen) atoms. The van der Waals surface area contributed by atoms with E-state index in [1.807, 2.05) is 12.3 Å². The summed E-state index contributed by atoms with van der Waals surface area (Å²) in [7, 11) is 2.09. The van der Waals surface area contributed by atoms with E-state index >= 15 is 0 Å². The van der Waals surface area contributed by atoms with E-state index in [9.17, 15) is 0 Å². The Morgan fingerprint density at radius 2 is 1.82 bits per heavy atom. The minimum absolute atomic E-state index is 0.473. The van der Waals surface area contributed by atoms with Crippen molar-refractivity contribution in [1.82, 2.24) is 4.98 Å². The van der Waals surface area contributed by atoms with Gasteiger partial charge in [-0.25, -0.2) is 9.55 Å². The smallest absolute Gasteiger partial charge is 0.227 e. The quantitative estimate of drug-likeness (QED) is 0.355. The minimum atomic E-state index is 0.473. The van der Waals surface area contributed by atoms with Crippen LogP contribution in [0.15, 0.2) is 65.3 Å². The molecule has 138 valence electrons. The van der Waals surface area contributed by atoms with Crippen molar-refractivity contribution in [2.45, 2.75) is 26.7 Å². The number of hydrogen-bond acceptors (Lipinski definition) is 2. The lowest BCUT2D eigenvalue weighted by Crippen LogP contribution is -2.31. The van der Waals surface area contributed by atoms with Crippen LogP contribution in [-0.2, 0) is 7.05 Å². The standard InChI is InChI=1S/C25H23N2O/c1-15(2)17-11-12-27(4)21(13-17)22-16(3)9-10-20-23-19-8-6-5-7-18(19)14-26-25(23)28-24(20)22/h5-15H,1-4H3/q+1. The molecular formula is C25H23N2O+. The molecule has 3 nitrogen and oxygen atoms in total. The SMILES string of the molecule is Cc1ccc2c(oc3ncc4ccccc4c32)c1-c1cc(C(C)C)cc[n+]1C. The summed E-state index contributed by atoms with van der Waals surface area (Å²) >= 11 is 0. The fraction of sp³-hybridized carbons (Fsp3) is 0.200. The number of fused-ring (bicyclic) bond motifs is 5. The summed E-state index contributed by atoms with van der Waals surface area (Å²) < 4.78 is 8.53. The second-order valence-electron chi connectivity index (χ2n) is 7.87. The maximum atomic E-state index is 6.36. The molecule has 3 heteroatoms. The van der Waals surface area contributed by atoms with E-state index in [1.54, 1.807) is 0 Å². The van der Waals surface area contributed by atoms with Crippen molar-refractivity contribution in [1.29, 1.82) is 0 Å². The predicted octanol–water partition coefficient (Wildman–Crippen LogP) is 6.06. The van der Waals surface area contributed by atoms with Gasteiger partial charge in [0, 0.05) is 29.1 Å². The fourth-order valence-electron chi connectivity index (χ4n) is 4.08. The fourth-order valence-corrected chi connectivity index (χ4v) is 4.08. The van der Waals surface area contributed by atoms with E-state index in [-0.39, 0.29) is 0 Å². The first-order valence-electron chi connectivity index (χ1n) is 9.74. The monoisotopic (exact) mass is 367 g/mol. The van der Waals surface area contributed by atoms with Gasteiger partial charge >= 0.3 is 0 Å². The molecule has 0 fully saturated rings. The minimum Gasteiger partial charge on any atom is -0.437 e. The lowest BCUT2D eigenvalue weighted by atomic mass is 9.96. The van der Waals surface area contributed by atoms with Crippen LogP contribution in [0.1, 0.15) is 30.9 Å². The molecule has 0 atom stereocenters. The van der Waals surface area contributed by atoms with E-state index in [0.29, 0.717) is 11.6 Å². The van der Waals surface area contributed by atoms with Crippen LogP contribution in [0, 0.1) is 6.92 Å². The summed E-state index contributed by atoms with van der Waals surface area (Å²) in [6, 6.07) is 17.2. The molecule has 0 aliphatic heterocycles.